The zero-order valence-corrected chi connectivity index (χ0v) is 24.4. The fraction of sp³-hybridized carbons (Fsp3) is 0.400. The van der Waals surface area contributed by atoms with Gasteiger partial charge >= 0.3 is 11.9 Å². The molecule has 0 saturated heterocycles. The minimum Gasteiger partial charge on any atom is -0.463 e. The number of esters is 2. The summed E-state index contributed by atoms with van der Waals surface area (Å²) in [5.41, 5.74) is 0. The van der Waals surface area contributed by atoms with Crippen molar-refractivity contribution < 1.29 is 24.2 Å². The van der Waals surface area contributed by atoms with E-state index in [0.29, 0.717) is 13.2 Å². The van der Waals surface area contributed by atoms with E-state index in [1.54, 1.807) is 18.7 Å². The van der Waals surface area contributed by atoms with Crippen LogP contribution in [0, 0.1) is 0 Å². The monoisotopic (exact) mass is 546 g/mol. The van der Waals surface area contributed by atoms with Gasteiger partial charge in [0.1, 0.15) is 0 Å². The highest BCUT2D eigenvalue weighted by Crippen LogP contribution is 2.35. The summed E-state index contributed by atoms with van der Waals surface area (Å²) in [6, 6.07) is 20.5. The second-order valence-electron chi connectivity index (χ2n) is 8.90. The van der Waals surface area contributed by atoms with Crippen LogP contribution in [0.3, 0.4) is 0 Å². The van der Waals surface area contributed by atoms with E-state index in [0.717, 1.165) is 18.9 Å². The lowest BCUT2D eigenvalue weighted by atomic mass is 10.1. The molecule has 0 atom stereocenters. The molecule has 2 aromatic carbocycles. The number of hydrogen-bond acceptors (Lipinski definition) is 7. The molecule has 2 aromatic rings. The van der Waals surface area contributed by atoms with E-state index in [1.165, 1.54) is 15.9 Å². The Morgan fingerprint density at radius 2 is 1.19 bits per heavy atom. The van der Waals surface area contributed by atoms with E-state index in [2.05, 4.69) is 69.9 Å². The van der Waals surface area contributed by atoms with Crippen LogP contribution in [0.25, 0.3) is 0 Å². The summed E-state index contributed by atoms with van der Waals surface area (Å²) in [5.74, 6) is -0.715. The standard InChI is InChI=1S/C14H18O2S.C11H16OS.C5H8O2/c1-4-13(15)16-11-10-14(2,3)17-12-8-6-5-7-9-12;1-11(2,8-9-12)13-10-6-4-3-5-7-10;1-3-5(6)7-4-2/h4-9H,1,10-11H2,2-3H3;3-7,12H,8-9H2,1-2H3;3H,1,4H2,2H3. The predicted octanol–water partition coefficient (Wildman–Crippen LogP) is 7.35. The van der Waals surface area contributed by atoms with Gasteiger partial charge in [-0.2, -0.15) is 0 Å². The highest BCUT2D eigenvalue weighted by molar-refractivity contribution is 8.00. The first-order valence-electron chi connectivity index (χ1n) is 12.2. The van der Waals surface area contributed by atoms with E-state index in [9.17, 15) is 9.59 Å². The van der Waals surface area contributed by atoms with Gasteiger partial charge in [0.15, 0.2) is 0 Å². The number of ether oxygens (including phenoxy) is 2. The van der Waals surface area contributed by atoms with E-state index in [1.807, 2.05) is 48.2 Å². The minimum absolute atomic E-state index is 0.0444. The highest BCUT2D eigenvalue weighted by atomic mass is 32.2. The summed E-state index contributed by atoms with van der Waals surface area (Å²) in [5, 5.41) is 8.87. The van der Waals surface area contributed by atoms with Crippen molar-refractivity contribution in [3.63, 3.8) is 0 Å². The van der Waals surface area contributed by atoms with Crippen LogP contribution >= 0.6 is 23.5 Å². The molecule has 0 bridgehead atoms. The Morgan fingerprint density at radius 1 is 0.784 bits per heavy atom. The molecule has 0 aromatic heterocycles. The molecule has 0 aliphatic carbocycles. The van der Waals surface area contributed by atoms with Crippen molar-refractivity contribution in [1.82, 2.24) is 0 Å². The average Bonchev–Trinajstić information content (AvgIpc) is 2.85. The molecule has 0 aliphatic rings. The minimum atomic E-state index is -0.359. The van der Waals surface area contributed by atoms with Crippen molar-refractivity contribution >= 4 is 35.5 Å². The fourth-order valence-electron chi connectivity index (χ4n) is 2.64. The maximum absolute atomic E-state index is 10.9. The van der Waals surface area contributed by atoms with Crippen LogP contribution in [-0.4, -0.2) is 46.4 Å². The van der Waals surface area contributed by atoms with Crippen molar-refractivity contribution in [2.24, 2.45) is 0 Å². The van der Waals surface area contributed by atoms with E-state index >= 15 is 0 Å². The zero-order chi connectivity index (χ0) is 28.2. The number of carbonyl (C=O) groups is 2. The van der Waals surface area contributed by atoms with Crippen molar-refractivity contribution in [2.75, 3.05) is 19.8 Å². The first kappa shape index (κ1) is 34.5. The van der Waals surface area contributed by atoms with Gasteiger partial charge in [-0.05, 0) is 44.0 Å². The van der Waals surface area contributed by atoms with Crippen LogP contribution in [0.4, 0.5) is 0 Å². The molecule has 0 radical (unpaired) electrons. The molecule has 0 heterocycles. The molecule has 0 unspecified atom stereocenters. The number of hydrogen-bond donors (Lipinski definition) is 1. The molecule has 0 amide bonds. The van der Waals surface area contributed by atoms with Crippen LogP contribution < -0.4 is 0 Å². The van der Waals surface area contributed by atoms with Crippen molar-refractivity contribution in [1.29, 1.82) is 0 Å². The Balaban J connectivity index is 0.000000573. The third-order valence-electron chi connectivity index (χ3n) is 4.56. The van der Waals surface area contributed by atoms with E-state index < -0.39 is 0 Å². The van der Waals surface area contributed by atoms with Crippen molar-refractivity contribution in [2.45, 2.75) is 66.7 Å². The Labute approximate surface area is 231 Å². The number of benzene rings is 2. The molecule has 37 heavy (non-hydrogen) atoms. The molecular weight excluding hydrogens is 504 g/mol. The predicted molar refractivity (Wildman–Crippen MR) is 157 cm³/mol. The number of thioether (sulfide) groups is 2. The lowest BCUT2D eigenvalue weighted by Gasteiger charge is -2.23. The molecule has 1 N–H and O–H groups in total. The van der Waals surface area contributed by atoms with Gasteiger partial charge in [0.2, 0.25) is 0 Å². The highest BCUT2D eigenvalue weighted by Gasteiger charge is 2.20. The molecule has 0 fully saturated rings. The number of rotatable bonds is 12. The Hall–Kier alpha value is -2.48. The van der Waals surface area contributed by atoms with Crippen LogP contribution in [-0.2, 0) is 19.1 Å². The summed E-state index contributed by atoms with van der Waals surface area (Å²) < 4.78 is 9.59. The number of carbonyl (C=O) groups excluding carboxylic acids is 2. The SMILES string of the molecule is C=CC(=O)OCC.C=CC(=O)OCCC(C)(C)Sc1ccccc1.CC(C)(CCO)Sc1ccccc1. The maximum atomic E-state index is 10.9. The first-order valence-corrected chi connectivity index (χ1v) is 13.8. The molecule has 5 nitrogen and oxygen atoms in total. The average molecular weight is 547 g/mol. The van der Waals surface area contributed by atoms with Gasteiger partial charge in [-0.25, -0.2) is 9.59 Å². The van der Waals surface area contributed by atoms with Crippen molar-refractivity contribution in [3.05, 3.63) is 86.0 Å². The third kappa shape index (κ3) is 19.3. The number of aliphatic hydroxyl groups is 1. The van der Waals surface area contributed by atoms with Crippen LogP contribution in [0.1, 0.15) is 47.5 Å². The van der Waals surface area contributed by atoms with Gasteiger partial charge in [0, 0.05) is 38.0 Å². The summed E-state index contributed by atoms with van der Waals surface area (Å²) in [7, 11) is 0. The Bertz CT molecular complexity index is 912. The smallest absolute Gasteiger partial charge is 0.330 e. The Kier molecular flexibility index (Phi) is 18.3. The first-order chi connectivity index (χ1) is 17.5. The molecule has 0 saturated carbocycles. The molecular formula is C30H42O5S2. The van der Waals surface area contributed by atoms with Gasteiger partial charge in [-0.3, -0.25) is 0 Å². The summed E-state index contributed by atoms with van der Waals surface area (Å²) in [4.78, 5) is 23.5. The topological polar surface area (TPSA) is 72.8 Å². The second kappa shape index (κ2) is 19.6. The molecule has 204 valence electrons. The fourth-order valence-corrected chi connectivity index (χ4v) is 4.89. The molecule has 2 rings (SSSR count). The quantitative estimate of drug-likeness (QED) is 0.169. The van der Waals surface area contributed by atoms with Crippen molar-refractivity contribution in [3.8, 4) is 0 Å². The maximum Gasteiger partial charge on any atom is 0.330 e. The largest absolute Gasteiger partial charge is 0.463 e. The van der Waals surface area contributed by atoms with Gasteiger partial charge < -0.3 is 14.6 Å². The normalized spacial score (nSPS) is 10.5. The molecule has 7 heteroatoms. The van der Waals surface area contributed by atoms with Crippen LogP contribution in [0.2, 0.25) is 0 Å². The van der Waals surface area contributed by atoms with Gasteiger partial charge in [0.05, 0.1) is 13.2 Å². The lowest BCUT2D eigenvalue weighted by molar-refractivity contribution is -0.138. The summed E-state index contributed by atoms with van der Waals surface area (Å²) >= 11 is 3.60. The van der Waals surface area contributed by atoms with Crippen LogP contribution in [0.5, 0.6) is 0 Å². The summed E-state index contributed by atoms with van der Waals surface area (Å²) in [6.07, 6.45) is 3.97. The number of aliphatic hydroxyl groups excluding tert-OH is 1. The van der Waals surface area contributed by atoms with Gasteiger partial charge in [-0.15, -0.1) is 23.5 Å². The molecule has 0 spiro atoms. The van der Waals surface area contributed by atoms with Gasteiger partial charge in [0.25, 0.3) is 0 Å². The molecule has 0 aliphatic heterocycles. The van der Waals surface area contributed by atoms with Crippen LogP contribution in [0.15, 0.2) is 95.8 Å². The third-order valence-corrected chi connectivity index (χ3v) is 7.09. The van der Waals surface area contributed by atoms with Gasteiger partial charge in [-0.1, -0.05) is 77.3 Å². The van der Waals surface area contributed by atoms with E-state index in [-0.39, 0.29) is 28.0 Å². The lowest BCUT2D eigenvalue weighted by Crippen LogP contribution is -2.18. The second-order valence-corrected chi connectivity index (χ2v) is 12.5. The summed E-state index contributed by atoms with van der Waals surface area (Å²) in [6.45, 7) is 18.0. The zero-order valence-electron chi connectivity index (χ0n) is 22.8. The Morgan fingerprint density at radius 3 is 1.54 bits per heavy atom. The van der Waals surface area contributed by atoms with E-state index in [4.69, 9.17) is 9.84 Å².